The molecule has 1 aromatic heterocycles. The molecule has 2 unspecified atom stereocenters. The van der Waals surface area contributed by atoms with Crippen molar-refractivity contribution in [1.82, 2.24) is 10.2 Å². The zero-order valence-corrected chi connectivity index (χ0v) is 10.3. The number of likely N-dealkylation sites (N-methyl/N-ethyl adjacent to an activating group) is 1. The van der Waals surface area contributed by atoms with Crippen molar-refractivity contribution in [1.29, 1.82) is 0 Å². The number of hydrogen-bond acceptors (Lipinski definition) is 3. The summed E-state index contributed by atoms with van der Waals surface area (Å²) >= 11 is 1.76. The van der Waals surface area contributed by atoms with Crippen LogP contribution in [0, 0.1) is 0 Å². The fourth-order valence-corrected chi connectivity index (χ4v) is 1.92. The van der Waals surface area contributed by atoms with Gasteiger partial charge in [0.25, 0.3) is 0 Å². The highest BCUT2D eigenvalue weighted by Crippen LogP contribution is 2.15. The Bertz CT molecular complexity index is 244. The first-order chi connectivity index (χ1) is 6.61. The highest BCUT2D eigenvalue weighted by molar-refractivity contribution is 7.07. The minimum atomic E-state index is 0.462. The first-order valence-electron chi connectivity index (χ1n) is 5.03. The van der Waals surface area contributed by atoms with E-state index in [9.17, 15) is 0 Å². The van der Waals surface area contributed by atoms with E-state index in [1.165, 1.54) is 5.56 Å². The summed E-state index contributed by atoms with van der Waals surface area (Å²) in [6.07, 6.45) is 0. The molecule has 0 spiro atoms. The van der Waals surface area contributed by atoms with Crippen LogP contribution in [-0.4, -0.2) is 31.6 Å². The third-order valence-corrected chi connectivity index (χ3v) is 3.35. The van der Waals surface area contributed by atoms with Crippen LogP contribution in [0.15, 0.2) is 16.8 Å². The highest BCUT2D eigenvalue weighted by Gasteiger charge is 2.08. The van der Waals surface area contributed by atoms with E-state index in [1.807, 2.05) is 0 Å². The lowest BCUT2D eigenvalue weighted by molar-refractivity contribution is 0.296. The van der Waals surface area contributed by atoms with Gasteiger partial charge in [0.15, 0.2) is 0 Å². The Hall–Kier alpha value is -0.380. The summed E-state index contributed by atoms with van der Waals surface area (Å²) in [4.78, 5) is 2.23. The van der Waals surface area contributed by atoms with Gasteiger partial charge < -0.3 is 10.2 Å². The van der Waals surface area contributed by atoms with Crippen LogP contribution in [0.2, 0.25) is 0 Å². The third kappa shape index (κ3) is 3.40. The van der Waals surface area contributed by atoms with E-state index in [-0.39, 0.29) is 0 Å². The third-order valence-electron chi connectivity index (χ3n) is 2.64. The van der Waals surface area contributed by atoms with Crippen molar-refractivity contribution >= 4 is 11.3 Å². The minimum absolute atomic E-state index is 0.462. The van der Waals surface area contributed by atoms with Gasteiger partial charge in [-0.2, -0.15) is 11.3 Å². The van der Waals surface area contributed by atoms with Gasteiger partial charge >= 0.3 is 0 Å². The zero-order valence-electron chi connectivity index (χ0n) is 9.45. The van der Waals surface area contributed by atoms with Crippen molar-refractivity contribution in [3.05, 3.63) is 22.4 Å². The summed E-state index contributed by atoms with van der Waals surface area (Å²) in [5.74, 6) is 0. The summed E-state index contributed by atoms with van der Waals surface area (Å²) in [5.41, 5.74) is 1.39. The Balaban J connectivity index is 2.32. The van der Waals surface area contributed by atoms with Gasteiger partial charge in [-0.3, -0.25) is 0 Å². The maximum Gasteiger partial charge on any atom is 0.0300 e. The second-order valence-corrected chi connectivity index (χ2v) is 4.78. The van der Waals surface area contributed by atoms with E-state index in [4.69, 9.17) is 0 Å². The predicted octanol–water partition coefficient (Wildman–Crippen LogP) is 2.35. The molecule has 3 heteroatoms. The summed E-state index contributed by atoms with van der Waals surface area (Å²) in [5, 5.41) is 7.87. The molecule has 0 bridgehead atoms. The van der Waals surface area contributed by atoms with Crippen LogP contribution in [-0.2, 0) is 0 Å². The maximum atomic E-state index is 3.53. The molecule has 80 valence electrons. The predicted molar refractivity (Wildman–Crippen MR) is 63.9 cm³/mol. The zero-order chi connectivity index (χ0) is 10.6. The molecule has 2 atom stereocenters. The van der Waals surface area contributed by atoms with Gasteiger partial charge in [0.05, 0.1) is 0 Å². The van der Waals surface area contributed by atoms with Gasteiger partial charge in [0.2, 0.25) is 0 Å². The van der Waals surface area contributed by atoms with E-state index >= 15 is 0 Å². The van der Waals surface area contributed by atoms with E-state index in [1.54, 1.807) is 11.3 Å². The quantitative estimate of drug-likeness (QED) is 0.806. The molecule has 0 aliphatic carbocycles. The molecule has 1 rings (SSSR count). The molecule has 1 heterocycles. The van der Waals surface area contributed by atoms with E-state index in [2.05, 4.69) is 55.0 Å². The molecule has 0 fully saturated rings. The van der Waals surface area contributed by atoms with Crippen molar-refractivity contribution < 1.29 is 0 Å². The fraction of sp³-hybridized carbons (Fsp3) is 0.636. The molecule has 0 saturated carbocycles. The van der Waals surface area contributed by atoms with Crippen LogP contribution in [0.25, 0.3) is 0 Å². The Kier molecular flexibility index (Phi) is 4.58. The van der Waals surface area contributed by atoms with Gasteiger partial charge in [0, 0.05) is 18.6 Å². The molecule has 1 N–H and O–H groups in total. The Morgan fingerprint density at radius 3 is 2.64 bits per heavy atom. The molecule has 1 aromatic rings. The average molecular weight is 212 g/mol. The van der Waals surface area contributed by atoms with Gasteiger partial charge in [-0.1, -0.05) is 0 Å². The monoisotopic (exact) mass is 212 g/mol. The van der Waals surface area contributed by atoms with Crippen LogP contribution >= 0.6 is 11.3 Å². The molecular formula is C11H20N2S. The van der Waals surface area contributed by atoms with E-state index in [0.29, 0.717) is 12.1 Å². The summed E-state index contributed by atoms with van der Waals surface area (Å²) in [6.45, 7) is 5.47. The minimum Gasteiger partial charge on any atom is -0.309 e. The average Bonchev–Trinajstić information content (AvgIpc) is 2.66. The van der Waals surface area contributed by atoms with Crippen molar-refractivity contribution in [2.24, 2.45) is 0 Å². The van der Waals surface area contributed by atoms with E-state index < -0.39 is 0 Å². The summed E-state index contributed by atoms with van der Waals surface area (Å²) in [7, 11) is 4.23. The normalized spacial score (nSPS) is 15.8. The highest BCUT2D eigenvalue weighted by atomic mass is 32.1. The second-order valence-electron chi connectivity index (χ2n) is 4.00. The van der Waals surface area contributed by atoms with Crippen molar-refractivity contribution in [2.75, 3.05) is 20.6 Å². The van der Waals surface area contributed by atoms with Crippen LogP contribution in [0.4, 0.5) is 0 Å². The van der Waals surface area contributed by atoms with Crippen molar-refractivity contribution in [2.45, 2.75) is 25.9 Å². The van der Waals surface area contributed by atoms with E-state index in [0.717, 1.165) is 6.54 Å². The van der Waals surface area contributed by atoms with Crippen LogP contribution < -0.4 is 5.32 Å². The first kappa shape index (κ1) is 11.7. The summed E-state index contributed by atoms with van der Waals surface area (Å²) < 4.78 is 0. The van der Waals surface area contributed by atoms with Crippen LogP contribution in [0.5, 0.6) is 0 Å². The fourth-order valence-electron chi connectivity index (χ4n) is 1.17. The number of nitrogens with zero attached hydrogens (tertiary/aromatic N) is 1. The number of thiophene rings is 1. The van der Waals surface area contributed by atoms with Gasteiger partial charge in [-0.05, 0) is 50.3 Å². The lowest BCUT2D eigenvalue weighted by Crippen LogP contribution is -2.36. The van der Waals surface area contributed by atoms with Crippen LogP contribution in [0.3, 0.4) is 0 Å². The lowest BCUT2D eigenvalue weighted by Gasteiger charge is -2.22. The SMILES string of the molecule is CC(NCC(C)N(C)C)c1ccsc1. The molecule has 0 aromatic carbocycles. The Morgan fingerprint density at radius 2 is 2.14 bits per heavy atom. The number of rotatable bonds is 5. The Labute approximate surface area is 90.9 Å². The molecule has 2 nitrogen and oxygen atoms in total. The molecule has 0 saturated heterocycles. The molecular weight excluding hydrogens is 192 g/mol. The lowest BCUT2D eigenvalue weighted by atomic mass is 10.2. The molecule has 0 aliphatic rings. The Morgan fingerprint density at radius 1 is 1.43 bits per heavy atom. The maximum absolute atomic E-state index is 3.53. The van der Waals surface area contributed by atoms with Gasteiger partial charge in [-0.15, -0.1) is 0 Å². The number of hydrogen-bond donors (Lipinski definition) is 1. The molecule has 0 amide bonds. The number of nitrogens with one attached hydrogen (secondary N) is 1. The first-order valence-corrected chi connectivity index (χ1v) is 5.97. The van der Waals surface area contributed by atoms with Crippen LogP contribution in [0.1, 0.15) is 25.5 Å². The largest absolute Gasteiger partial charge is 0.309 e. The van der Waals surface area contributed by atoms with Crippen molar-refractivity contribution in [3.63, 3.8) is 0 Å². The molecule has 14 heavy (non-hydrogen) atoms. The topological polar surface area (TPSA) is 15.3 Å². The van der Waals surface area contributed by atoms with Gasteiger partial charge in [-0.25, -0.2) is 0 Å². The standard InChI is InChI=1S/C11H20N2S/c1-9(13(3)4)7-12-10(2)11-5-6-14-8-11/h5-6,8-10,12H,7H2,1-4H3. The van der Waals surface area contributed by atoms with Crippen molar-refractivity contribution in [3.8, 4) is 0 Å². The summed E-state index contributed by atoms with van der Waals surface area (Å²) in [6, 6.07) is 3.22. The smallest absolute Gasteiger partial charge is 0.0300 e. The van der Waals surface area contributed by atoms with Gasteiger partial charge in [0.1, 0.15) is 0 Å². The molecule has 0 radical (unpaired) electrons. The molecule has 0 aliphatic heterocycles. The second kappa shape index (κ2) is 5.49.